The second kappa shape index (κ2) is 13.6. The minimum Gasteiger partial charge on any atom is -0.394 e. The van der Waals surface area contributed by atoms with Gasteiger partial charge in [0.15, 0.2) is 0 Å². The molecular formula is C38H48ClN3O5. The molecule has 0 aliphatic carbocycles. The van der Waals surface area contributed by atoms with Gasteiger partial charge < -0.3 is 24.5 Å². The van der Waals surface area contributed by atoms with E-state index in [1.165, 1.54) is 0 Å². The van der Waals surface area contributed by atoms with Crippen molar-refractivity contribution in [2.45, 2.75) is 77.3 Å². The molecule has 9 heteroatoms. The first kappa shape index (κ1) is 34.9. The van der Waals surface area contributed by atoms with E-state index in [9.17, 15) is 14.7 Å². The zero-order chi connectivity index (χ0) is 34.3. The number of aliphatic hydroxyl groups excluding tert-OH is 1. The Hall–Kier alpha value is -3.46. The molecule has 1 spiro atoms. The summed E-state index contributed by atoms with van der Waals surface area (Å²) in [4.78, 5) is 49.7. The Morgan fingerprint density at radius 1 is 1.11 bits per heavy atom. The number of aliphatic hydroxyl groups is 1. The summed E-state index contributed by atoms with van der Waals surface area (Å²) in [6, 6.07) is 13.4. The quantitative estimate of drug-likeness (QED) is 0.274. The highest BCUT2D eigenvalue weighted by molar-refractivity contribution is 6.34. The number of amides is 3. The van der Waals surface area contributed by atoms with Crippen molar-refractivity contribution in [2.24, 2.45) is 23.7 Å². The van der Waals surface area contributed by atoms with Crippen LogP contribution in [0.15, 0.2) is 73.8 Å². The van der Waals surface area contributed by atoms with E-state index in [2.05, 4.69) is 13.2 Å². The first-order chi connectivity index (χ1) is 22.4. The van der Waals surface area contributed by atoms with Gasteiger partial charge >= 0.3 is 0 Å². The lowest BCUT2D eigenvalue weighted by atomic mass is 9.62. The molecule has 3 aliphatic heterocycles. The van der Waals surface area contributed by atoms with Crippen LogP contribution in [0.5, 0.6) is 0 Å². The Morgan fingerprint density at radius 3 is 2.38 bits per heavy atom. The van der Waals surface area contributed by atoms with Gasteiger partial charge in [0.1, 0.15) is 11.6 Å². The van der Waals surface area contributed by atoms with Crippen molar-refractivity contribution in [3.63, 3.8) is 0 Å². The van der Waals surface area contributed by atoms with Crippen molar-refractivity contribution in [2.75, 3.05) is 24.6 Å². The number of carbonyl (C=O) groups is 3. The summed E-state index contributed by atoms with van der Waals surface area (Å²) in [5.74, 6) is -2.65. The molecule has 0 saturated carbocycles. The van der Waals surface area contributed by atoms with Crippen LogP contribution in [0.4, 0.5) is 5.69 Å². The molecule has 0 radical (unpaired) electrons. The number of ether oxygens (including phenoxy) is 1. The van der Waals surface area contributed by atoms with Crippen molar-refractivity contribution < 1.29 is 24.2 Å². The van der Waals surface area contributed by atoms with Gasteiger partial charge in [0.05, 0.1) is 40.8 Å². The number of halogens is 1. The summed E-state index contributed by atoms with van der Waals surface area (Å²) in [5.41, 5.74) is 0.0159. The third-order valence-electron chi connectivity index (χ3n) is 10.5. The zero-order valence-electron chi connectivity index (χ0n) is 28.2. The van der Waals surface area contributed by atoms with Gasteiger partial charge in [-0.2, -0.15) is 0 Å². The molecule has 252 valence electrons. The van der Waals surface area contributed by atoms with Crippen LogP contribution in [0.1, 0.15) is 51.7 Å². The van der Waals surface area contributed by atoms with Crippen LogP contribution in [-0.4, -0.2) is 75.6 Å². The average Bonchev–Trinajstić information content (AvgIpc) is 3.55. The number of rotatable bonds is 13. The molecule has 8 nitrogen and oxygen atoms in total. The van der Waals surface area contributed by atoms with Crippen molar-refractivity contribution in [3.8, 4) is 0 Å². The van der Waals surface area contributed by atoms with E-state index < -0.39 is 35.1 Å². The maximum atomic E-state index is 15.1. The lowest BCUT2D eigenvalue weighted by molar-refractivity contribution is -0.154. The normalized spacial score (nSPS) is 28.3. The van der Waals surface area contributed by atoms with Crippen LogP contribution in [0, 0.1) is 30.6 Å². The number of para-hydroxylation sites is 1. The van der Waals surface area contributed by atoms with Crippen molar-refractivity contribution >= 4 is 35.0 Å². The Kier molecular flexibility index (Phi) is 10.1. The van der Waals surface area contributed by atoms with Gasteiger partial charge in [-0.05, 0) is 55.7 Å². The molecule has 3 fully saturated rings. The number of benzene rings is 2. The standard InChI is InChI=1S/C38H48ClN3O5/c1-8-18-40(22-27-15-11-10-12-16-27)34(44)30-31-35(45)42(28(23-43)20-24(3)4)33(38(31)21-26(6)37(30,7)47-38)36(46)41(19-9-2)32-25(5)14-13-17-29(32)39/h8-17,24,26,28,30-31,33,43H,1-2,18-23H2,3-7H3/t26?,28-,30-,31+,33?,37+,38?/m1/s1. The van der Waals surface area contributed by atoms with Crippen molar-refractivity contribution in [3.05, 3.63) is 90.0 Å². The van der Waals surface area contributed by atoms with Gasteiger partial charge in [-0.15, -0.1) is 13.2 Å². The van der Waals surface area contributed by atoms with Gasteiger partial charge in [-0.3, -0.25) is 14.4 Å². The Morgan fingerprint density at radius 2 is 1.79 bits per heavy atom. The summed E-state index contributed by atoms with van der Waals surface area (Å²) in [6.45, 7) is 18.1. The second-order valence-corrected chi connectivity index (χ2v) is 14.5. The Bertz CT molecular complexity index is 1510. The van der Waals surface area contributed by atoms with Gasteiger partial charge in [-0.25, -0.2) is 0 Å². The van der Waals surface area contributed by atoms with Crippen LogP contribution in [0.3, 0.4) is 0 Å². The first-order valence-electron chi connectivity index (χ1n) is 16.6. The molecule has 2 aromatic carbocycles. The molecule has 2 bridgehead atoms. The number of nitrogens with zero attached hydrogens (tertiary/aromatic N) is 3. The SMILES string of the molecule is C=CCN(Cc1ccccc1)C(=O)[C@H]1[C@H]2C(=O)N([C@@H](CO)CC(C)C)C(C(=O)N(CC=C)c3c(C)cccc3Cl)C23CC(C)[C@]1(C)O3. The highest BCUT2D eigenvalue weighted by Crippen LogP contribution is 2.66. The minimum absolute atomic E-state index is 0.129. The fraction of sp³-hybridized carbons (Fsp3) is 0.500. The topological polar surface area (TPSA) is 90.4 Å². The average molecular weight is 662 g/mol. The van der Waals surface area contributed by atoms with Gasteiger partial charge in [0.2, 0.25) is 11.8 Å². The molecule has 47 heavy (non-hydrogen) atoms. The molecule has 2 aromatic rings. The molecule has 3 aliphatic rings. The summed E-state index contributed by atoms with van der Waals surface area (Å²) in [7, 11) is 0. The molecule has 3 amide bonds. The molecule has 3 unspecified atom stereocenters. The third-order valence-corrected chi connectivity index (χ3v) is 10.8. The highest BCUT2D eigenvalue weighted by atomic mass is 35.5. The highest BCUT2D eigenvalue weighted by Gasteiger charge is 2.80. The van der Waals surface area contributed by atoms with Crippen LogP contribution >= 0.6 is 11.6 Å². The van der Waals surface area contributed by atoms with Crippen LogP contribution in [0.2, 0.25) is 5.02 Å². The summed E-state index contributed by atoms with van der Waals surface area (Å²) in [6.07, 6.45) is 4.22. The number of aryl methyl sites for hydroxylation is 1. The maximum absolute atomic E-state index is 15.1. The van der Waals surface area contributed by atoms with E-state index in [0.29, 0.717) is 36.6 Å². The van der Waals surface area contributed by atoms with Crippen LogP contribution < -0.4 is 4.90 Å². The zero-order valence-corrected chi connectivity index (χ0v) is 29.0. The predicted molar refractivity (Wildman–Crippen MR) is 185 cm³/mol. The monoisotopic (exact) mass is 661 g/mol. The van der Waals surface area contributed by atoms with E-state index >= 15 is 4.79 Å². The smallest absolute Gasteiger partial charge is 0.253 e. The second-order valence-electron chi connectivity index (χ2n) is 14.1. The van der Waals surface area contributed by atoms with Gasteiger partial charge in [0.25, 0.3) is 5.91 Å². The van der Waals surface area contributed by atoms with Crippen LogP contribution in [0.25, 0.3) is 0 Å². The van der Waals surface area contributed by atoms with E-state index in [0.717, 1.165) is 11.1 Å². The first-order valence-corrected chi connectivity index (χ1v) is 17.0. The number of hydrogen-bond donors (Lipinski definition) is 1. The number of fused-ring (bicyclic) bond motifs is 1. The van der Waals surface area contributed by atoms with E-state index in [1.54, 1.807) is 32.9 Å². The number of carbonyl (C=O) groups excluding carboxylic acids is 3. The maximum Gasteiger partial charge on any atom is 0.253 e. The molecular weight excluding hydrogens is 614 g/mol. The van der Waals surface area contributed by atoms with E-state index in [4.69, 9.17) is 16.3 Å². The molecule has 1 N–H and O–H groups in total. The fourth-order valence-corrected chi connectivity index (χ4v) is 8.79. The Balaban J connectivity index is 1.66. The third kappa shape index (κ3) is 5.83. The number of likely N-dealkylation sites (tertiary alicyclic amines) is 1. The van der Waals surface area contributed by atoms with Crippen molar-refractivity contribution in [1.29, 1.82) is 0 Å². The predicted octanol–water partition coefficient (Wildman–Crippen LogP) is 5.80. The lowest BCUT2D eigenvalue weighted by Gasteiger charge is -2.40. The van der Waals surface area contributed by atoms with Gasteiger partial charge in [-0.1, -0.05) is 87.0 Å². The molecule has 3 heterocycles. The summed E-state index contributed by atoms with van der Waals surface area (Å²) < 4.78 is 7.03. The number of hydrogen-bond acceptors (Lipinski definition) is 5. The molecule has 0 aromatic heterocycles. The molecule has 7 atom stereocenters. The van der Waals surface area contributed by atoms with Gasteiger partial charge in [0, 0.05) is 19.6 Å². The minimum atomic E-state index is -1.28. The van der Waals surface area contributed by atoms with E-state index in [1.807, 2.05) is 77.1 Å². The summed E-state index contributed by atoms with van der Waals surface area (Å²) >= 11 is 6.73. The van der Waals surface area contributed by atoms with Crippen molar-refractivity contribution in [1.82, 2.24) is 9.80 Å². The lowest BCUT2D eigenvalue weighted by Crippen LogP contribution is -2.59. The van der Waals surface area contributed by atoms with Crippen LogP contribution in [-0.2, 0) is 25.7 Å². The van der Waals surface area contributed by atoms with E-state index in [-0.39, 0.29) is 42.7 Å². The molecule has 3 saturated heterocycles. The largest absolute Gasteiger partial charge is 0.394 e. The Labute approximate surface area is 284 Å². The summed E-state index contributed by atoms with van der Waals surface area (Å²) in [5, 5.41) is 11.1. The fourth-order valence-electron chi connectivity index (χ4n) is 8.47. The molecule has 5 rings (SSSR count). The number of anilines is 1.